The lowest BCUT2D eigenvalue weighted by atomic mass is 9.74. The fourth-order valence-electron chi connectivity index (χ4n) is 4.19. The second-order valence-electron chi connectivity index (χ2n) is 9.25. The largest absolute Gasteiger partial charge is 0.346 e. The zero-order valence-electron chi connectivity index (χ0n) is 21.0. The zero-order valence-corrected chi connectivity index (χ0v) is 21.0. The summed E-state index contributed by atoms with van der Waals surface area (Å²) in [5.74, 6) is 1.01. The molecule has 0 heterocycles. The van der Waals surface area contributed by atoms with Gasteiger partial charge in [0.2, 0.25) is 0 Å². The molecule has 0 rings (SSSR count). The van der Waals surface area contributed by atoms with Crippen molar-refractivity contribution in [3.8, 4) is 0 Å². The van der Waals surface area contributed by atoms with E-state index in [9.17, 15) is 0 Å². The monoisotopic (exact) mass is 398 g/mol. The van der Waals surface area contributed by atoms with E-state index >= 15 is 0 Å². The van der Waals surface area contributed by atoms with Crippen LogP contribution in [0.5, 0.6) is 0 Å². The average Bonchev–Trinajstić information content (AvgIpc) is 2.71. The average molecular weight is 399 g/mol. The summed E-state index contributed by atoms with van der Waals surface area (Å²) in [7, 11) is 0. The normalized spacial score (nSPS) is 19.6. The second-order valence-corrected chi connectivity index (χ2v) is 9.25. The Labute approximate surface area is 178 Å². The molecule has 0 aromatic rings. The fraction of sp³-hybridized carbons (Fsp3) is 1.00. The molecule has 0 aliphatic heterocycles. The van der Waals surface area contributed by atoms with Crippen molar-refractivity contribution in [3.63, 3.8) is 0 Å². The van der Waals surface area contributed by atoms with Crippen LogP contribution < -0.4 is 0 Å². The molecule has 0 saturated carbocycles. The predicted octanol–water partition coefficient (Wildman–Crippen LogP) is 8.77. The third kappa shape index (κ3) is 9.16. The molecule has 0 aliphatic carbocycles. The lowest BCUT2D eigenvalue weighted by Gasteiger charge is -2.49. The van der Waals surface area contributed by atoms with Gasteiger partial charge in [-0.15, -0.1) is 0 Å². The Kier molecular flexibility index (Phi) is 15.7. The minimum Gasteiger partial charge on any atom is -0.346 e. The second kappa shape index (κ2) is 15.7. The van der Waals surface area contributed by atoms with Crippen molar-refractivity contribution in [1.29, 1.82) is 0 Å². The maximum absolute atomic E-state index is 6.87. The SMILES string of the molecule is CCCCCCCCC(C(C)CC)C(OC(C)CC)(OC(C)CC)C(C)CC. The van der Waals surface area contributed by atoms with Crippen LogP contribution in [0.4, 0.5) is 0 Å². The van der Waals surface area contributed by atoms with Crippen LogP contribution in [-0.2, 0) is 9.47 Å². The molecule has 28 heavy (non-hydrogen) atoms. The fourth-order valence-corrected chi connectivity index (χ4v) is 4.19. The highest BCUT2D eigenvalue weighted by atomic mass is 16.7. The molecule has 5 atom stereocenters. The van der Waals surface area contributed by atoms with Gasteiger partial charge >= 0.3 is 0 Å². The number of ether oxygens (including phenoxy) is 2. The van der Waals surface area contributed by atoms with Crippen LogP contribution in [0.15, 0.2) is 0 Å². The molecule has 170 valence electrons. The zero-order chi connectivity index (χ0) is 21.6. The van der Waals surface area contributed by atoms with E-state index in [1.807, 2.05) is 0 Å². The van der Waals surface area contributed by atoms with E-state index in [-0.39, 0.29) is 12.2 Å². The van der Waals surface area contributed by atoms with Gasteiger partial charge in [0.1, 0.15) is 0 Å². The molecule has 0 radical (unpaired) electrons. The van der Waals surface area contributed by atoms with Gasteiger partial charge in [-0.1, -0.05) is 93.4 Å². The first-order valence-corrected chi connectivity index (χ1v) is 12.7. The number of hydrogen-bond acceptors (Lipinski definition) is 2. The Hall–Kier alpha value is -0.0800. The third-order valence-electron chi connectivity index (χ3n) is 6.94. The molecule has 0 fully saturated rings. The minimum atomic E-state index is -0.460. The summed E-state index contributed by atoms with van der Waals surface area (Å²) >= 11 is 0. The van der Waals surface area contributed by atoms with Crippen LogP contribution in [-0.4, -0.2) is 18.0 Å². The van der Waals surface area contributed by atoms with Crippen molar-refractivity contribution in [3.05, 3.63) is 0 Å². The van der Waals surface area contributed by atoms with Gasteiger partial charge in [-0.3, -0.25) is 0 Å². The molecule has 0 N–H and O–H groups in total. The molecule has 0 aliphatic rings. The van der Waals surface area contributed by atoms with Crippen molar-refractivity contribution in [2.45, 2.75) is 151 Å². The molecule has 0 aromatic heterocycles. The van der Waals surface area contributed by atoms with E-state index in [2.05, 4.69) is 62.3 Å². The van der Waals surface area contributed by atoms with E-state index < -0.39 is 5.79 Å². The molecule has 2 heteroatoms. The van der Waals surface area contributed by atoms with Crippen molar-refractivity contribution in [2.75, 3.05) is 0 Å². The molecular formula is C26H54O2. The highest BCUT2D eigenvalue weighted by Crippen LogP contribution is 2.44. The maximum Gasteiger partial charge on any atom is 0.174 e. The van der Waals surface area contributed by atoms with E-state index in [0.717, 1.165) is 19.3 Å². The summed E-state index contributed by atoms with van der Waals surface area (Å²) in [5, 5.41) is 0. The lowest BCUT2D eigenvalue weighted by Crippen LogP contribution is -2.54. The van der Waals surface area contributed by atoms with Crippen LogP contribution in [0.2, 0.25) is 0 Å². The maximum atomic E-state index is 6.87. The van der Waals surface area contributed by atoms with Crippen molar-refractivity contribution < 1.29 is 9.47 Å². The number of rotatable bonds is 18. The smallest absolute Gasteiger partial charge is 0.174 e. The summed E-state index contributed by atoms with van der Waals surface area (Å²) in [6.45, 7) is 20.6. The summed E-state index contributed by atoms with van der Waals surface area (Å²) in [6.07, 6.45) is 14.1. The summed E-state index contributed by atoms with van der Waals surface area (Å²) in [5.41, 5.74) is 0. The molecular weight excluding hydrogens is 344 g/mol. The Bertz CT molecular complexity index is 342. The van der Waals surface area contributed by atoms with Crippen LogP contribution >= 0.6 is 0 Å². The quantitative estimate of drug-likeness (QED) is 0.170. The van der Waals surface area contributed by atoms with Crippen molar-refractivity contribution in [1.82, 2.24) is 0 Å². The van der Waals surface area contributed by atoms with Gasteiger partial charge in [0.15, 0.2) is 5.79 Å². The summed E-state index contributed by atoms with van der Waals surface area (Å²) in [6, 6.07) is 0. The number of hydrogen-bond donors (Lipinski definition) is 0. The van der Waals surface area contributed by atoms with E-state index in [4.69, 9.17) is 9.47 Å². The predicted molar refractivity (Wildman–Crippen MR) is 125 cm³/mol. The molecule has 0 saturated heterocycles. The van der Waals surface area contributed by atoms with Crippen molar-refractivity contribution in [2.24, 2.45) is 17.8 Å². The van der Waals surface area contributed by atoms with Crippen LogP contribution in [0.25, 0.3) is 0 Å². The Morgan fingerprint density at radius 3 is 1.54 bits per heavy atom. The van der Waals surface area contributed by atoms with E-state index in [1.54, 1.807) is 0 Å². The first-order valence-electron chi connectivity index (χ1n) is 12.7. The van der Waals surface area contributed by atoms with Crippen LogP contribution in [0, 0.1) is 17.8 Å². The molecule has 2 nitrogen and oxygen atoms in total. The molecule has 0 bridgehead atoms. The van der Waals surface area contributed by atoms with Gasteiger partial charge in [-0.05, 0) is 45.4 Å². The Balaban J connectivity index is 5.63. The topological polar surface area (TPSA) is 18.5 Å². The van der Waals surface area contributed by atoms with Crippen LogP contribution in [0.1, 0.15) is 133 Å². The molecule has 0 amide bonds. The van der Waals surface area contributed by atoms with Gasteiger partial charge in [-0.2, -0.15) is 0 Å². The first kappa shape index (κ1) is 27.9. The molecule has 0 aromatic carbocycles. The molecule has 0 spiro atoms. The van der Waals surface area contributed by atoms with Gasteiger partial charge in [0.05, 0.1) is 12.2 Å². The van der Waals surface area contributed by atoms with Crippen LogP contribution in [0.3, 0.4) is 0 Å². The standard InChI is InChI=1S/C26H54O2/c1-10-15-16-17-18-19-20-25(21(6)11-2)26(22(7)12-3,27-23(8)13-4)28-24(9)14-5/h21-25H,10-20H2,1-9H3. The third-order valence-corrected chi connectivity index (χ3v) is 6.94. The highest BCUT2D eigenvalue weighted by molar-refractivity contribution is 4.89. The highest BCUT2D eigenvalue weighted by Gasteiger charge is 2.48. The lowest BCUT2D eigenvalue weighted by molar-refractivity contribution is -0.332. The first-order chi connectivity index (χ1) is 13.3. The van der Waals surface area contributed by atoms with Gasteiger partial charge in [0, 0.05) is 11.8 Å². The molecule has 5 unspecified atom stereocenters. The summed E-state index contributed by atoms with van der Waals surface area (Å²) in [4.78, 5) is 0. The van der Waals surface area contributed by atoms with E-state index in [1.165, 1.54) is 51.4 Å². The van der Waals surface area contributed by atoms with Gasteiger partial charge in [0.25, 0.3) is 0 Å². The Morgan fingerprint density at radius 2 is 1.11 bits per heavy atom. The van der Waals surface area contributed by atoms with E-state index in [0.29, 0.717) is 17.8 Å². The van der Waals surface area contributed by atoms with Gasteiger partial charge in [-0.25, -0.2) is 0 Å². The summed E-state index contributed by atoms with van der Waals surface area (Å²) < 4.78 is 13.7. The van der Waals surface area contributed by atoms with Gasteiger partial charge < -0.3 is 9.47 Å². The number of unbranched alkanes of at least 4 members (excludes halogenated alkanes) is 5. The van der Waals surface area contributed by atoms with Crippen molar-refractivity contribution >= 4 is 0 Å². The Morgan fingerprint density at radius 1 is 0.607 bits per heavy atom. The minimum absolute atomic E-state index is 0.231.